The number of methoxy groups -OCH3 is 1. The molecule has 0 aromatic rings. The van der Waals surface area contributed by atoms with Crippen LogP contribution in [0.5, 0.6) is 0 Å². The lowest BCUT2D eigenvalue weighted by molar-refractivity contribution is -0.0369. The number of hydrogen-bond donors (Lipinski definition) is 0. The average molecular weight is 188 g/mol. The molecule has 0 aromatic heterocycles. The number of thioether (sulfide) groups is 1. The van der Waals surface area contributed by atoms with Crippen LogP contribution >= 0.6 is 11.8 Å². The minimum Gasteiger partial charge on any atom is -0.378 e. The highest BCUT2D eigenvalue weighted by Gasteiger charge is 2.39. The standard InChI is InChI=1S/C8H17BO2S/c1-4-11-6-5(2)12-8(9)7(6)10-3/h5-8H,4,9H2,1-3H3. The normalized spacial score (nSPS) is 41.9. The molecule has 0 bridgehead atoms. The Morgan fingerprint density at radius 2 is 2.08 bits per heavy atom. The van der Waals surface area contributed by atoms with Crippen LogP contribution in [-0.2, 0) is 9.47 Å². The van der Waals surface area contributed by atoms with Crippen molar-refractivity contribution in [2.45, 2.75) is 36.5 Å². The van der Waals surface area contributed by atoms with Gasteiger partial charge in [-0.25, -0.2) is 0 Å². The number of ether oxygens (including phenoxy) is 2. The zero-order valence-electron chi connectivity index (χ0n) is 8.24. The second-order valence-electron chi connectivity index (χ2n) is 3.17. The molecule has 0 amide bonds. The van der Waals surface area contributed by atoms with E-state index in [4.69, 9.17) is 9.47 Å². The summed E-state index contributed by atoms with van der Waals surface area (Å²) in [5, 5.41) is 1.12. The van der Waals surface area contributed by atoms with E-state index in [0.29, 0.717) is 10.4 Å². The summed E-state index contributed by atoms with van der Waals surface area (Å²) in [5.74, 6) is 0. The van der Waals surface area contributed by atoms with Gasteiger partial charge in [-0.2, -0.15) is 11.8 Å². The lowest BCUT2D eigenvalue weighted by atomic mass is 9.94. The molecule has 1 aliphatic heterocycles. The van der Waals surface area contributed by atoms with Crippen molar-refractivity contribution in [2.75, 3.05) is 13.7 Å². The monoisotopic (exact) mass is 188 g/mol. The topological polar surface area (TPSA) is 18.5 Å². The predicted molar refractivity (Wildman–Crippen MR) is 55.6 cm³/mol. The van der Waals surface area contributed by atoms with Crippen molar-refractivity contribution < 1.29 is 9.47 Å². The highest BCUT2D eigenvalue weighted by Crippen LogP contribution is 2.35. The summed E-state index contributed by atoms with van der Waals surface area (Å²) in [5.41, 5.74) is 0. The smallest absolute Gasteiger partial charge is 0.121 e. The fourth-order valence-electron chi connectivity index (χ4n) is 1.78. The van der Waals surface area contributed by atoms with E-state index < -0.39 is 0 Å². The Balaban J connectivity index is 2.55. The number of hydrogen-bond acceptors (Lipinski definition) is 3. The summed E-state index contributed by atoms with van der Waals surface area (Å²) in [7, 11) is 3.97. The molecule has 0 spiro atoms. The molecule has 0 aromatic carbocycles. The van der Waals surface area contributed by atoms with Gasteiger partial charge in [0.1, 0.15) is 7.85 Å². The minimum atomic E-state index is 0.268. The van der Waals surface area contributed by atoms with E-state index in [1.54, 1.807) is 7.11 Å². The van der Waals surface area contributed by atoms with Crippen molar-refractivity contribution in [3.05, 3.63) is 0 Å². The van der Waals surface area contributed by atoms with Crippen LogP contribution in [0.4, 0.5) is 0 Å². The summed E-state index contributed by atoms with van der Waals surface area (Å²) in [6, 6.07) is 0. The SMILES string of the molecule is BC1SC(C)C(OCC)C1OC. The average Bonchev–Trinajstić information content (AvgIpc) is 2.28. The van der Waals surface area contributed by atoms with Gasteiger partial charge in [0.25, 0.3) is 0 Å². The number of rotatable bonds is 3. The van der Waals surface area contributed by atoms with Gasteiger partial charge in [0.2, 0.25) is 0 Å². The molecular weight excluding hydrogens is 171 g/mol. The fraction of sp³-hybridized carbons (Fsp3) is 1.00. The Morgan fingerprint density at radius 1 is 1.42 bits per heavy atom. The molecule has 0 N–H and O–H groups in total. The summed E-state index contributed by atoms with van der Waals surface area (Å²) in [6.45, 7) is 5.02. The molecule has 1 aliphatic rings. The Bertz CT molecular complexity index is 145. The van der Waals surface area contributed by atoms with Gasteiger partial charge in [-0.05, 0) is 6.92 Å². The third-order valence-electron chi connectivity index (χ3n) is 2.31. The van der Waals surface area contributed by atoms with Crippen LogP contribution in [0.25, 0.3) is 0 Å². The van der Waals surface area contributed by atoms with Gasteiger partial charge in [-0.3, -0.25) is 0 Å². The molecule has 4 heteroatoms. The molecule has 1 fully saturated rings. The zero-order chi connectivity index (χ0) is 9.14. The van der Waals surface area contributed by atoms with E-state index in [1.807, 2.05) is 18.7 Å². The van der Waals surface area contributed by atoms with Gasteiger partial charge in [0.05, 0.1) is 12.2 Å². The first kappa shape index (κ1) is 10.4. The Morgan fingerprint density at radius 3 is 2.58 bits per heavy atom. The Hall–Kier alpha value is 0.335. The third kappa shape index (κ3) is 1.98. The molecule has 0 radical (unpaired) electrons. The van der Waals surface area contributed by atoms with Crippen LogP contribution in [0, 0.1) is 0 Å². The quantitative estimate of drug-likeness (QED) is 0.601. The summed E-state index contributed by atoms with van der Waals surface area (Å²) in [4.78, 5) is 0. The van der Waals surface area contributed by atoms with Gasteiger partial charge < -0.3 is 9.47 Å². The van der Waals surface area contributed by atoms with Gasteiger partial charge in [-0.1, -0.05) is 6.92 Å². The van der Waals surface area contributed by atoms with Gasteiger partial charge in [-0.15, -0.1) is 0 Å². The van der Waals surface area contributed by atoms with Gasteiger partial charge in [0, 0.05) is 24.1 Å². The first-order chi connectivity index (χ1) is 5.70. The van der Waals surface area contributed by atoms with E-state index in [1.165, 1.54) is 0 Å². The van der Waals surface area contributed by atoms with Crippen molar-refractivity contribution in [3.63, 3.8) is 0 Å². The van der Waals surface area contributed by atoms with Crippen LogP contribution in [0.2, 0.25) is 0 Å². The van der Waals surface area contributed by atoms with Crippen LogP contribution in [0.15, 0.2) is 0 Å². The Labute approximate surface area is 79.8 Å². The maximum absolute atomic E-state index is 5.64. The second kappa shape index (κ2) is 4.54. The molecule has 12 heavy (non-hydrogen) atoms. The first-order valence-corrected chi connectivity index (χ1v) is 5.44. The molecule has 4 unspecified atom stereocenters. The van der Waals surface area contributed by atoms with Crippen LogP contribution in [0.3, 0.4) is 0 Å². The molecular formula is C8H17BO2S. The van der Waals surface area contributed by atoms with E-state index in [9.17, 15) is 0 Å². The van der Waals surface area contributed by atoms with Crippen molar-refractivity contribution in [1.82, 2.24) is 0 Å². The fourth-order valence-corrected chi connectivity index (χ4v) is 3.26. The van der Waals surface area contributed by atoms with Crippen LogP contribution in [0.1, 0.15) is 13.8 Å². The molecule has 1 rings (SSSR count). The molecule has 0 aliphatic carbocycles. The lowest BCUT2D eigenvalue weighted by Gasteiger charge is -2.21. The molecule has 4 atom stereocenters. The van der Waals surface area contributed by atoms with Gasteiger partial charge >= 0.3 is 0 Å². The third-order valence-corrected chi connectivity index (χ3v) is 3.70. The maximum Gasteiger partial charge on any atom is 0.121 e. The highest BCUT2D eigenvalue weighted by molar-refractivity contribution is 8.01. The first-order valence-electron chi connectivity index (χ1n) is 4.50. The van der Waals surface area contributed by atoms with E-state index >= 15 is 0 Å². The molecule has 1 heterocycles. The lowest BCUT2D eigenvalue weighted by Crippen LogP contribution is -2.36. The van der Waals surface area contributed by atoms with Gasteiger partial charge in [0.15, 0.2) is 0 Å². The van der Waals surface area contributed by atoms with Crippen molar-refractivity contribution in [1.29, 1.82) is 0 Å². The molecule has 70 valence electrons. The van der Waals surface area contributed by atoms with Crippen LogP contribution in [-0.4, -0.2) is 44.2 Å². The van der Waals surface area contributed by atoms with E-state index in [2.05, 4.69) is 14.8 Å². The largest absolute Gasteiger partial charge is 0.378 e. The summed E-state index contributed by atoms with van der Waals surface area (Å²) in [6.07, 6.45) is 0.546. The van der Waals surface area contributed by atoms with E-state index in [0.717, 1.165) is 6.61 Å². The molecule has 2 nitrogen and oxygen atoms in total. The predicted octanol–water partition coefficient (Wildman–Crippen LogP) is 0.501. The van der Waals surface area contributed by atoms with Crippen molar-refractivity contribution in [3.8, 4) is 0 Å². The zero-order valence-corrected chi connectivity index (χ0v) is 9.06. The molecule has 1 saturated heterocycles. The second-order valence-corrected chi connectivity index (χ2v) is 4.93. The highest BCUT2D eigenvalue weighted by atomic mass is 32.2. The summed E-state index contributed by atoms with van der Waals surface area (Å²) < 4.78 is 11.1. The van der Waals surface area contributed by atoms with E-state index in [-0.39, 0.29) is 12.2 Å². The van der Waals surface area contributed by atoms with Crippen LogP contribution < -0.4 is 0 Å². The Kier molecular flexibility index (Phi) is 3.94. The van der Waals surface area contributed by atoms with Crippen molar-refractivity contribution in [2.24, 2.45) is 0 Å². The molecule has 0 saturated carbocycles. The minimum absolute atomic E-state index is 0.268. The summed E-state index contributed by atoms with van der Waals surface area (Å²) >= 11 is 1.95. The van der Waals surface area contributed by atoms with Crippen molar-refractivity contribution >= 4 is 19.6 Å². The maximum atomic E-state index is 5.64.